The van der Waals surface area contributed by atoms with Crippen molar-refractivity contribution in [1.29, 1.82) is 0 Å². The molecule has 0 fully saturated rings. The fourth-order valence-corrected chi connectivity index (χ4v) is 3.56. The Morgan fingerprint density at radius 2 is 1.79 bits per heavy atom. The maximum atomic E-state index is 12.5. The highest BCUT2D eigenvalue weighted by atomic mass is 32.1. The summed E-state index contributed by atoms with van der Waals surface area (Å²) in [4.78, 5) is 29.8. The SMILES string of the molecule is CCOc1ccc(NC(=O)C(C)OC(=O)c2sc(-c3ccccc3)nc2C)cc1. The lowest BCUT2D eigenvalue weighted by molar-refractivity contribution is -0.123. The Balaban J connectivity index is 1.62. The van der Waals surface area contributed by atoms with Gasteiger partial charge in [0, 0.05) is 11.3 Å². The summed E-state index contributed by atoms with van der Waals surface area (Å²) in [5.41, 5.74) is 2.11. The van der Waals surface area contributed by atoms with Gasteiger partial charge in [0.15, 0.2) is 6.10 Å². The van der Waals surface area contributed by atoms with Crippen LogP contribution < -0.4 is 10.1 Å². The van der Waals surface area contributed by atoms with E-state index in [1.54, 1.807) is 31.2 Å². The number of nitrogens with one attached hydrogen (secondary N) is 1. The van der Waals surface area contributed by atoms with Crippen LogP contribution in [0.3, 0.4) is 0 Å². The van der Waals surface area contributed by atoms with Crippen molar-refractivity contribution in [1.82, 2.24) is 4.98 Å². The number of aryl methyl sites for hydroxylation is 1. The molecule has 0 radical (unpaired) electrons. The van der Waals surface area contributed by atoms with Gasteiger partial charge < -0.3 is 14.8 Å². The normalized spacial score (nSPS) is 11.6. The Labute approximate surface area is 173 Å². The van der Waals surface area contributed by atoms with Crippen LogP contribution in [-0.4, -0.2) is 29.6 Å². The van der Waals surface area contributed by atoms with E-state index in [0.29, 0.717) is 22.9 Å². The second-order valence-corrected chi connectivity index (χ2v) is 7.29. The number of hydrogen-bond donors (Lipinski definition) is 1. The Hall–Kier alpha value is -3.19. The highest BCUT2D eigenvalue weighted by Gasteiger charge is 2.23. The number of hydrogen-bond acceptors (Lipinski definition) is 6. The molecule has 3 aromatic rings. The average Bonchev–Trinajstić information content (AvgIpc) is 3.12. The molecule has 2 aromatic carbocycles. The number of carbonyl (C=O) groups excluding carboxylic acids is 2. The van der Waals surface area contributed by atoms with Crippen molar-refractivity contribution in [2.75, 3.05) is 11.9 Å². The zero-order valence-electron chi connectivity index (χ0n) is 16.5. The molecular formula is C22H22N2O4S. The van der Waals surface area contributed by atoms with Crippen molar-refractivity contribution < 1.29 is 19.1 Å². The number of aromatic nitrogens is 1. The number of rotatable bonds is 7. The lowest BCUT2D eigenvalue weighted by Crippen LogP contribution is -2.29. The third-order valence-corrected chi connectivity index (χ3v) is 5.28. The quantitative estimate of drug-likeness (QED) is 0.571. The Kier molecular flexibility index (Phi) is 6.61. The van der Waals surface area contributed by atoms with Crippen molar-refractivity contribution in [2.24, 2.45) is 0 Å². The van der Waals surface area contributed by atoms with E-state index in [1.165, 1.54) is 18.3 Å². The first-order valence-electron chi connectivity index (χ1n) is 9.25. The number of esters is 1. The average molecular weight is 410 g/mol. The van der Waals surface area contributed by atoms with E-state index in [-0.39, 0.29) is 0 Å². The summed E-state index contributed by atoms with van der Waals surface area (Å²) in [5.74, 6) is -0.246. The smallest absolute Gasteiger partial charge is 0.351 e. The van der Waals surface area contributed by atoms with Gasteiger partial charge in [-0.3, -0.25) is 4.79 Å². The van der Waals surface area contributed by atoms with E-state index in [4.69, 9.17) is 9.47 Å². The first-order chi connectivity index (χ1) is 14.0. The molecule has 1 heterocycles. The summed E-state index contributed by atoms with van der Waals surface area (Å²) >= 11 is 1.25. The third kappa shape index (κ3) is 5.20. The number of amides is 1. The first-order valence-corrected chi connectivity index (χ1v) is 10.1. The summed E-state index contributed by atoms with van der Waals surface area (Å²) in [6.45, 7) is 5.77. The second kappa shape index (κ2) is 9.34. The zero-order valence-corrected chi connectivity index (χ0v) is 17.3. The van der Waals surface area contributed by atoms with Gasteiger partial charge in [-0.05, 0) is 45.0 Å². The van der Waals surface area contributed by atoms with Gasteiger partial charge in [0.25, 0.3) is 5.91 Å². The molecule has 0 spiro atoms. The maximum Gasteiger partial charge on any atom is 0.351 e. The molecule has 3 rings (SSSR count). The van der Waals surface area contributed by atoms with Crippen molar-refractivity contribution in [3.63, 3.8) is 0 Å². The monoisotopic (exact) mass is 410 g/mol. The predicted molar refractivity (Wildman–Crippen MR) is 113 cm³/mol. The van der Waals surface area contributed by atoms with E-state index in [2.05, 4.69) is 10.3 Å². The van der Waals surface area contributed by atoms with Gasteiger partial charge in [-0.2, -0.15) is 0 Å². The molecule has 150 valence electrons. The van der Waals surface area contributed by atoms with Crippen LogP contribution >= 0.6 is 11.3 Å². The van der Waals surface area contributed by atoms with Crippen LogP contribution in [0.25, 0.3) is 10.6 Å². The summed E-state index contributed by atoms with van der Waals surface area (Å²) < 4.78 is 10.7. The van der Waals surface area contributed by atoms with Gasteiger partial charge in [-0.1, -0.05) is 30.3 Å². The van der Waals surface area contributed by atoms with Crippen molar-refractivity contribution in [2.45, 2.75) is 26.9 Å². The van der Waals surface area contributed by atoms with Crippen molar-refractivity contribution in [3.05, 3.63) is 65.2 Å². The number of carbonyl (C=O) groups is 2. The number of thiazole rings is 1. The zero-order chi connectivity index (χ0) is 20.8. The Bertz CT molecular complexity index is 984. The van der Waals surface area contributed by atoms with Crippen LogP contribution in [0.15, 0.2) is 54.6 Å². The van der Waals surface area contributed by atoms with E-state index < -0.39 is 18.0 Å². The molecular weight excluding hydrogens is 388 g/mol. The summed E-state index contributed by atoms with van der Waals surface area (Å²) in [6, 6.07) is 16.6. The van der Waals surface area contributed by atoms with Gasteiger partial charge in [-0.25, -0.2) is 9.78 Å². The lowest BCUT2D eigenvalue weighted by atomic mass is 10.2. The predicted octanol–water partition coefficient (Wildman–Crippen LogP) is 4.70. The molecule has 0 aliphatic rings. The van der Waals surface area contributed by atoms with Crippen LogP contribution in [0.5, 0.6) is 5.75 Å². The number of benzene rings is 2. The van der Waals surface area contributed by atoms with E-state index in [0.717, 1.165) is 16.3 Å². The van der Waals surface area contributed by atoms with Crippen LogP contribution in [-0.2, 0) is 9.53 Å². The molecule has 1 aromatic heterocycles. The van der Waals surface area contributed by atoms with E-state index >= 15 is 0 Å². The standard InChI is InChI=1S/C22H22N2O4S/c1-4-27-18-12-10-17(11-13-18)24-20(25)15(3)28-22(26)19-14(2)23-21(29-19)16-8-6-5-7-9-16/h5-13,15H,4H2,1-3H3,(H,24,25). The van der Waals surface area contributed by atoms with E-state index in [1.807, 2.05) is 37.3 Å². The first kappa shape index (κ1) is 20.5. The van der Waals surface area contributed by atoms with Crippen LogP contribution in [0.2, 0.25) is 0 Å². The minimum atomic E-state index is -0.948. The molecule has 1 N–H and O–H groups in total. The van der Waals surface area contributed by atoms with Crippen LogP contribution in [0, 0.1) is 6.92 Å². The third-order valence-electron chi connectivity index (χ3n) is 4.09. The minimum absolute atomic E-state index is 0.393. The number of ether oxygens (including phenoxy) is 2. The molecule has 0 saturated carbocycles. The highest BCUT2D eigenvalue weighted by Crippen LogP contribution is 2.28. The Morgan fingerprint density at radius 1 is 1.10 bits per heavy atom. The van der Waals surface area contributed by atoms with Gasteiger partial charge in [0.2, 0.25) is 0 Å². The summed E-state index contributed by atoms with van der Waals surface area (Å²) in [6.07, 6.45) is -0.948. The lowest BCUT2D eigenvalue weighted by Gasteiger charge is -2.13. The van der Waals surface area contributed by atoms with Gasteiger partial charge in [0.05, 0.1) is 12.3 Å². The molecule has 1 amide bonds. The fourth-order valence-electron chi connectivity index (χ4n) is 2.60. The number of anilines is 1. The van der Waals surface area contributed by atoms with Crippen LogP contribution in [0.1, 0.15) is 29.2 Å². The molecule has 0 bridgehead atoms. The number of nitrogens with zero attached hydrogens (tertiary/aromatic N) is 1. The molecule has 6 nitrogen and oxygen atoms in total. The van der Waals surface area contributed by atoms with Gasteiger partial charge in [0.1, 0.15) is 15.6 Å². The molecule has 1 unspecified atom stereocenters. The minimum Gasteiger partial charge on any atom is -0.494 e. The van der Waals surface area contributed by atoms with Gasteiger partial charge in [-0.15, -0.1) is 11.3 Å². The highest BCUT2D eigenvalue weighted by molar-refractivity contribution is 7.17. The Morgan fingerprint density at radius 3 is 2.45 bits per heavy atom. The largest absolute Gasteiger partial charge is 0.494 e. The maximum absolute atomic E-state index is 12.5. The molecule has 0 aliphatic carbocycles. The van der Waals surface area contributed by atoms with Gasteiger partial charge >= 0.3 is 5.97 Å². The fraction of sp³-hybridized carbons (Fsp3) is 0.227. The summed E-state index contributed by atoms with van der Waals surface area (Å²) in [5, 5.41) is 3.47. The molecule has 0 saturated heterocycles. The molecule has 29 heavy (non-hydrogen) atoms. The topological polar surface area (TPSA) is 77.5 Å². The van der Waals surface area contributed by atoms with Crippen LogP contribution in [0.4, 0.5) is 5.69 Å². The van der Waals surface area contributed by atoms with Crippen molar-refractivity contribution >= 4 is 28.9 Å². The molecule has 1 atom stereocenters. The molecule has 7 heteroatoms. The second-order valence-electron chi connectivity index (χ2n) is 6.29. The molecule has 0 aliphatic heterocycles. The van der Waals surface area contributed by atoms with Crippen molar-refractivity contribution in [3.8, 4) is 16.3 Å². The summed E-state index contributed by atoms with van der Waals surface area (Å²) in [7, 11) is 0. The van der Waals surface area contributed by atoms with E-state index in [9.17, 15) is 9.59 Å².